The largest absolute Gasteiger partial charge is 0.375 e. The number of rotatable bonds is 3. The van der Waals surface area contributed by atoms with E-state index in [4.69, 9.17) is 4.74 Å². The van der Waals surface area contributed by atoms with Crippen molar-refractivity contribution in [2.45, 2.75) is 63.1 Å². The quantitative estimate of drug-likeness (QED) is 0.901. The minimum Gasteiger partial charge on any atom is -0.375 e. The lowest BCUT2D eigenvalue weighted by Crippen LogP contribution is -2.53. The average molecular weight is 302 g/mol. The molecule has 120 valence electrons. The molecule has 2 amide bonds. The Hall–Kier alpha value is -1.55. The second-order valence-corrected chi connectivity index (χ2v) is 7.19. The van der Waals surface area contributed by atoms with Crippen LogP contribution in [0, 0.1) is 0 Å². The van der Waals surface area contributed by atoms with Crippen molar-refractivity contribution in [2.24, 2.45) is 0 Å². The van der Waals surface area contributed by atoms with Crippen molar-refractivity contribution in [2.75, 3.05) is 6.61 Å². The van der Waals surface area contributed by atoms with E-state index in [-0.39, 0.29) is 17.7 Å². The Labute approximate surface area is 132 Å². The van der Waals surface area contributed by atoms with Crippen LogP contribution in [0.15, 0.2) is 30.3 Å². The van der Waals surface area contributed by atoms with Gasteiger partial charge in [-0.15, -0.1) is 0 Å². The van der Waals surface area contributed by atoms with Crippen LogP contribution >= 0.6 is 0 Å². The monoisotopic (exact) mass is 302 g/mol. The fourth-order valence-electron chi connectivity index (χ4n) is 3.50. The number of urea groups is 1. The second kappa shape index (κ2) is 6.29. The average Bonchev–Trinajstić information content (AvgIpc) is 2.42. The highest BCUT2D eigenvalue weighted by Crippen LogP contribution is 2.36. The molecule has 1 aliphatic heterocycles. The number of nitrogens with one attached hydrogen (secondary N) is 2. The zero-order valence-corrected chi connectivity index (χ0v) is 13.5. The third-order valence-electron chi connectivity index (χ3n) is 4.78. The van der Waals surface area contributed by atoms with Gasteiger partial charge in [0.2, 0.25) is 0 Å². The number of amides is 2. The van der Waals surface area contributed by atoms with E-state index < -0.39 is 0 Å². The highest BCUT2D eigenvalue weighted by molar-refractivity contribution is 5.74. The molecule has 3 rings (SSSR count). The van der Waals surface area contributed by atoms with E-state index in [0.717, 1.165) is 32.3 Å². The second-order valence-electron chi connectivity index (χ2n) is 7.19. The summed E-state index contributed by atoms with van der Waals surface area (Å²) in [7, 11) is 0. The highest BCUT2D eigenvalue weighted by atomic mass is 16.5. The fraction of sp³-hybridized carbons (Fsp3) is 0.611. The van der Waals surface area contributed by atoms with Gasteiger partial charge in [-0.3, -0.25) is 0 Å². The van der Waals surface area contributed by atoms with E-state index in [0.29, 0.717) is 12.0 Å². The lowest BCUT2D eigenvalue weighted by Gasteiger charge is -2.38. The van der Waals surface area contributed by atoms with Gasteiger partial charge in [-0.25, -0.2) is 4.79 Å². The van der Waals surface area contributed by atoms with E-state index >= 15 is 0 Å². The molecule has 1 aromatic rings. The molecule has 1 atom stereocenters. The molecule has 1 aliphatic carbocycles. The van der Waals surface area contributed by atoms with Crippen molar-refractivity contribution in [3.63, 3.8) is 0 Å². The summed E-state index contributed by atoms with van der Waals surface area (Å²) in [6, 6.07) is 11.0. The van der Waals surface area contributed by atoms with Gasteiger partial charge in [0.05, 0.1) is 5.60 Å². The van der Waals surface area contributed by atoms with Crippen molar-refractivity contribution in [3.8, 4) is 0 Å². The molecule has 2 fully saturated rings. The topological polar surface area (TPSA) is 50.4 Å². The normalized spacial score (nSPS) is 30.2. The SMILES string of the molecule is CC1(C)CC(NC(=O)NC2CC(c3ccccc3)C2)CCO1. The van der Waals surface area contributed by atoms with E-state index in [9.17, 15) is 4.79 Å². The summed E-state index contributed by atoms with van der Waals surface area (Å²) in [5.41, 5.74) is 1.25. The van der Waals surface area contributed by atoms with Crippen molar-refractivity contribution in [3.05, 3.63) is 35.9 Å². The minimum absolute atomic E-state index is 0.0285. The molecular weight excluding hydrogens is 276 g/mol. The first-order valence-electron chi connectivity index (χ1n) is 8.28. The highest BCUT2D eigenvalue weighted by Gasteiger charge is 2.33. The number of carbonyl (C=O) groups is 1. The first-order valence-corrected chi connectivity index (χ1v) is 8.28. The van der Waals surface area contributed by atoms with Gasteiger partial charge >= 0.3 is 6.03 Å². The Morgan fingerprint density at radius 2 is 1.82 bits per heavy atom. The number of benzene rings is 1. The Morgan fingerprint density at radius 3 is 2.50 bits per heavy atom. The Kier molecular flexibility index (Phi) is 4.39. The van der Waals surface area contributed by atoms with Crippen molar-refractivity contribution in [1.82, 2.24) is 10.6 Å². The third kappa shape index (κ3) is 3.80. The molecule has 22 heavy (non-hydrogen) atoms. The standard InChI is InChI=1S/C18H26N2O2/c1-18(2)12-15(8-9-22-18)19-17(21)20-16-10-14(11-16)13-6-4-3-5-7-13/h3-7,14-16H,8-12H2,1-2H3,(H2,19,20,21). The molecule has 1 aromatic carbocycles. The molecule has 1 saturated carbocycles. The molecule has 0 radical (unpaired) electrons. The first kappa shape index (κ1) is 15.3. The third-order valence-corrected chi connectivity index (χ3v) is 4.78. The van der Waals surface area contributed by atoms with Crippen LogP contribution in [0.3, 0.4) is 0 Å². The van der Waals surface area contributed by atoms with Gasteiger partial charge in [0.25, 0.3) is 0 Å². The van der Waals surface area contributed by atoms with Crippen LogP contribution in [-0.2, 0) is 4.74 Å². The van der Waals surface area contributed by atoms with E-state index in [1.54, 1.807) is 0 Å². The van der Waals surface area contributed by atoms with Gasteiger partial charge in [0, 0.05) is 18.7 Å². The zero-order chi connectivity index (χ0) is 15.6. The number of ether oxygens (including phenoxy) is 1. The lowest BCUT2D eigenvalue weighted by molar-refractivity contribution is -0.0611. The molecule has 0 spiro atoms. The smallest absolute Gasteiger partial charge is 0.315 e. The summed E-state index contributed by atoms with van der Waals surface area (Å²) >= 11 is 0. The van der Waals surface area contributed by atoms with Crippen LogP contribution in [0.1, 0.15) is 51.0 Å². The number of hydrogen-bond donors (Lipinski definition) is 2. The Morgan fingerprint density at radius 1 is 1.14 bits per heavy atom. The summed E-state index contributed by atoms with van der Waals surface area (Å²) < 4.78 is 5.68. The summed E-state index contributed by atoms with van der Waals surface area (Å²) in [6.45, 7) is 4.88. The molecule has 1 heterocycles. The van der Waals surface area contributed by atoms with Gasteiger partial charge in [-0.1, -0.05) is 30.3 Å². The van der Waals surface area contributed by atoms with Gasteiger partial charge < -0.3 is 15.4 Å². The van der Waals surface area contributed by atoms with Crippen LogP contribution in [0.25, 0.3) is 0 Å². The van der Waals surface area contributed by atoms with Crippen molar-refractivity contribution < 1.29 is 9.53 Å². The predicted molar refractivity (Wildman–Crippen MR) is 86.9 cm³/mol. The lowest BCUT2D eigenvalue weighted by atomic mass is 9.76. The molecule has 0 aromatic heterocycles. The maximum absolute atomic E-state index is 12.1. The van der Waals surface area contributed by atoms with Crippen LogP contribution in [0.2, 0.25) is 0 Å². The van der Waals surface area contributed by atoms with Crippen LogP contribution in [0.5, 0.6) is 0 Å². The summed E-state index contributed by atoms with van der Waals surface area (Å²) in [4.78, 5) is 12.1. The van der Waals surface area contributed by atoms with Crippen LogP contribution in [0.4, 0.5) is 4.79 Å². The van der Waals surface area contributed by atoms with Gasteiger partial charge in [-0.2, -0.15) is 0 Å². The fourth-order valence-corrected chi connectivity index (χ4v) is 3.50. The maximum Gasteiger partial charge on any atom is 0.315 e. The zero-order valence-electron chi connectivity index (χ0n) is 13.5. The van der Waals surface area contributed by atoms with E-state index in [1.807, 2.05) is 6.07 Å². The van der Waals surface area contributed by atoms with Gasteiger partial charge in [0.1, 0.15) is 0 Å². The van der Waals surface area contributed by atoms with Crippen LogP contribution < -0.4 is 10.6 Å². The molecule has 0 bridgehead atoms. The van der Waals surface area contributed by atoms with Crippen LogP contribution in [-0.4, -0.2) is 30.3 Å². The Balaban J connectivity index is 1.40. The first-order chi connectivity index (χ1) is 10.5. The molecule has 2 aliphatic rings. The van der Waals surface area contributed by atoms with E-state index in [1.165, 1.54) is 5.56 Å². The van der Waals surface area contributed by atoms with Gasteiger partial charge in [0.15, 0.2) is 0 Å². The number of carbonyl (C=O) groups excluding carboxylic acids is 1. The number of hydrogen-bond acceptors (Lipinski definition) is 2. The maximum atomic E-state index is 12.1. The van der Waals surface area contributed by atoms with Crippen molar-refractivity contribution in [1.29, 1.82) is 0 Å². The summed E-state index contributed by atoms with van der Waals surface area (Å²) in [5.74, 6) is 0.591. The predicted octanol–water partition coefficient (Wildman–Crippen LogP) is 3.19. The molecule has 1 saturated heterocycles. The molecular formula is C18H26N2O2. The summed E-state index contributed by atoms with van der Waals surface area (Å²) in [5, 5.41) is 6.20. The van der Waals surface area contributed by atoms with Gasteiger partial charge in [-0.05, 0) is 51.0 Å². The molecule has 4 nitrogen and oxygen atoms in total. The summed E-state index contributed by atoms with van der Waals surface area (Å²) in [6.07, 6.45) is 3.85. The van der Waals surface area contributed by atoms with Crippen molar-refractivity contribution >= 4 is 6.03 Å². The van der Waals surface area contributed by atoms with E-state index in [2.05, 4.69) is 48.7 Å². The molecule has 4 heteroatoms. The molecule has 2 N–H and O–H groups in total. The Bertz CT molecular complexity index is 509. The molecule has 1 unspecified atom stereocenters. The minimum atomic E-state index is -0.134.